The van der Waals surface area contributed by atoms with E-state index in [4.69, 9.17) is 17.2 Å². The molecule has 1 amide bonds. The number of aromatic nitrogens is 2. The number of ketones is 1. The number of anilines is 2. The van der Waals surface area contributed by atoms with E-state index in [-0.39, 0.29) is 24.0 Å². The molecule has 1 aliphatic heterocycles. The molecule has 2 heterocycles. The number of fused-ring (bicyclic) bond motifs is 1. The summed E-state index contributed by atoms with van der Waals surface area (Å²) in [4.78, 5) is 34.0. The lowest BCUT2D eigenvalue weighted by molar-refractivity contribution is -0.136. The number of aryl methyl sites for hydroxylation is 1. The Balaban J connectivity index is 1.57. The van der Waals surface area contributed by atoms with Gasteiger partial charge in [0.05, 0.1) is 16.9 Å². The van der Waals surface area contributed by atoms with Gasteiger partial charge >= 0.3 is 0 Å². The van der Waals surface area contributed by atoms with Crippen LogP contribution in [0.2, 0.25) is 0 Å². The molecule has 0 unspecified atom stereocenters. The van der Waals surface area contributed by atoms with E-state index >= 15 is 0 Å². The number of benzene rings is 2. The lowest BCUT2D eigenvalue weighted by Crippen LogP contribution is -2.41. The van der Waals surface area contributed by atoms with Gasteiger partial charge in [-0.05, 0) is 36.8 Å². The van der Waals surface area contributed by atoms with Crippen LogP contribution in [-0.2, 0) is 22.0 Å². The molecule has 8 nitrogen and oxygen atoms in total. The summed E-state index contributed by atoms with van der Waals surface area (Å²) in [6, 6.07) is 7.60. The van der Waals surface area contributed by atoms with Crippen molar-refractivity contribution >= 4 is 52.2 Å². The summed E-state index contributed by atoms with van der Waals surface area (Å²) in [7, 11) is 0. The highest BCUT2D eigenvalue weighted by Crippen LogP contribution is 2.33. The standard InChI is InChI=1S/C22H20FN5O3S/c1-13-8-15(27-32)10-18-21(13)22(25-12-24-18)26-17-3-2-14(23)9-19(17)31-11-20(30)28-6-4-16(29)5-7-28/h2-3,8-10,12H,4-7,11H2,1H3,(H,24,25,26). The predicted octanol–water partition coefficient (Wildman–Crippen LogP) is 3.75. The number of rotatable bonds is 6. The van der Waals surface area contributed by atoms with Crippen LogP contribution in [0.1, 0.15) is 18.4 Å². The zero-order valence-corrected chi connectivity index (χ0v) is 18.1. The van der Waals surface area contributed by atoms with E-state index in [0.29, 0.717) is 48.6 Å². The maximum Gasteiger partial charge on any atom is 0.260 e. The molecular weight excluding hydrogens is 433 g/mol. The molecule has 1 saturated heterocycles. The molecule has 2 aromatic carbocycles. The molecule has 0 spiro atoms. The Labute approximate surface area is 189 Å². The zero-order valence-electron chi connectivity index (χ0n) is 17.3. The quantitative estimate of drug-likeness (QED) is 0.607. The third kappa shape index (κ3) is 4.70. The summed E-state index contributed by atoms with van der Waals surface area (Å²) in [5.74, 6) is 0.0689. The first kappa shape index (κ1) is 21.7. The van der Waals surface area contributed by atoms with Crippen LogP contribution < -0.4 is 10.1 Å². The Morgan fingerprint density at radius 3 is 2.78 bits per heavy atom. The van der Waals surface area contributed by atoms with Gasteiger partial charge in [0, 0.05) is 49.8 Å². The van der Waals surface area contributed by atoms with Crippen molar-refractivity contribution in [3.63, 3.8) is 0 Å². The van der Waals surface area contributed by atoms with Crippen molar-refractivity contribution in [1.29, 1.82) is 0 Å². The predicted molar refractivity (Wildman–Crippen MR) is 120 cm³/mol. The summed E-state index contributed by atoms with van der Waals surface area (Å²) in [5, 5.41) is 3.92. The van der Waals surface area contributed by atoms with Crippen LogP contribution in [0.25, 0.3) is 10.9 Å². The number of amides is 1. The molecule has 0 radical (unpaired) electrons. The van der Waals surface area contributed by atoms with Crippen molar-refractivity contribution in [1.82, 2.24) is 14.9 Å². The molecule has 0 saturated carbocycles. The molecule has 164 valence electrons. The molecule has 4 rings (SSSR count). The van der Waals surface area contributed by atoms with E-state index < -0.39 is 5.82 Å². The SMILES string of the molecule is Cc1cc(N=S)cc2ncnc(Nc3ccc(F)cc3OCC(=O)N3CCC(=O)CC3)c12. The number of ether oxygens (including phenoxy) is 1. The molecule has 0 atom stereocenters. The van der Waals surface area contributed by atoms with Gasteiger partial charge in [0.1, 0.15) is 29.5 Å². The van der Waals surface area contributed by atoms with E-state index in [1.807, 2.05) is 13.0 Å². The minimum atomic E-state index is -0.498. The van der Waals surface area contributed by atoms with Gasteiger partial charge in [0.2, 0.25) is 0 Å². The topological polar surface area (TPSA) is 96.8 Å². The lowest BCUT2D eigenvalue weighted by atomic mass is 10.1. The third-order valence-electron chi connectivity index (χ3n) is 5.25. The maximum atomic E-state index is 13.9. The van der Waals surface area contributed by atoms with Gasteiger partial charge in [-0.1, -0.05) is 0 Å². The Hall–Kier alpha value is -3.53. The highest BCUT2D eigenvalue weighted by molar-refractivity contribution is 7.47. The van der Waals surface area contributed by atoms with E-state index in [1.54, 1.807) is 11.0 Å². The number of likely N-dealkylation sites (tertiary alicyclic amines) is 1. The molecular formula is C22H20FN5O3S. The molecule has 0 aliphatic carbocycles. The smallest absolute Gasteiger partial charge is 0.260 e. The van der Waals surface area contributed by atoms with Crippen LogP contribution >= 0.6 is 0 Å². The molecule has 3 aromatic rings. The van der Waals surface area contributed by atoms with Crippen LogP contribution in [0.15, 0.2) is 41.0 Å². The van der Waals surface area contributed by atoms with Crippen LogP contribution in [0.3, 0.4) is 0 Å². The number of Topliss-reactive ketones (excluding diaryl/α,β-unsaturated/α-hetero) is 1. The van der Waals surface area contributed by atoms with Crippen molar-refractivity contribution in [2.24, 2.45) is 4.36 Å². The largest absolute Gasteiger partial charge is 0.481 e. The van der Waals surface area contributed by atoms with Gasteiger partial charge in [-0.15, -0.1) is 0 Å². The van der Waals surface area contributed by atoms with E-state index in [9.17, 15) is 14.0 Å². The second-order valence-corrected chi connectivity index (χ2v) is 7.63. The Morgan fingerprint density at radius 1 is 1.25 bits per heavy atom. The first-order valence-corrected chi connectivity index (χ1v) is 10.4. The molecule has 32 heavy (non-hydrogen) atoms. The molecule has 1 aromatic heterocycles. The summed E-state index contributed by atoms with van der Waals surface area (Å²) in [5.41, 5.74) is 2.60. The lowest BCUT2D eigenvalue weighted by Gasteiger charge is -2.26. The van der Waals surface area contributed by atoms with Crippen LogP contribution in [0.5, 0.6) is 5.75 Å². The Morgan fingerprint density at radius 2 is 2.03 bits per heavy atom. The zero-order chi connectivity index (χ0) is 22.7. The van der Waals surface area contributed by atoms with Crippen LogP contribution in [0, 0.1) is 12.7 Å². The second-order valence-electron chi connectivity index (χ2n) is 7.44. The minimum absolute atomic E-state index is 0.146. The van der Waals surface area contributed by atoms with Gasteiger partial charge < -0.3 is 15.0 Å². The average Bonchev–Trinajstić information content (AvgIpc) is 2.79. The first-order valence-electron chi connectivity index (χ1n) is 10.0. The van der Waals surface area contributed by atoms with Gasteiger partial charge in [-0.2, -0.15) is 4.36 Å². The molecule has 1 aliphatic rings. The highest BCUT2D eigenvalue weighted by atomic mass is 32.1. The van der Waals surface area contributed by atoms with Crippen molar-refractivity contribution in [2.75, 3.05) is 25.0 Å². The number of piperidine rings is 1. The van der Waals surface area contributed by atoms with Crippen molar-refractivity contribution in [2.45, 2.75) is 19.8 Å². The van der Waals surface area contributed by atoms with Gasteiger partial charge in [0.15, 0.2) is 6.61 Å². The summed E-state index contributed by atoms with van der Waals surface area (Å²) < 4.78 is 23.4. The highest BCUT2D eigenvalue weighted by Gasteiger charge is 2.21. The fourth-order valence-corrected chi connectivity index (χ4v) is 3.71. The Bertz CT molecular complexity index is 1210. The van der Waals surface area contributed by atoms with Gasteiger partial charge in [-0.3, -0.25) is 9.59 Å². The number of hydrogen-bond acceptors (Lipinski definition) is 8. The third-order valence-corrected chi connectivity index (χ3v) is 5.46. The summed E-state index contributed by atoms with van der Waals surface area (Å²) in [6.07, 6.45) is 2.10. The van der Waals surface area contributed by atoms with Gasteiger partial charge in [0.25, 0.3) is 5.91 Å². The van der Waals surface area contributed by atoms with Gasteiger partial charge in [-0.25, -0.2) is 14.4 Å². The maximum absolute atomic E-state index is 13.9. The first-order chi connectivity index (χ1) is 15.4. The summed E-state index contributed by atoms with van der Waals surface area (Å²) in [6.45, 7) is 2.38. The number of carbonyl (C=O) groups is 2. The summed E-state index contributed by atoms with van der Waals surface area (Å²) >= 11 is 4.78. The fourth-order valence-electron chi connectivity index (χ4n) is 3.60. The average molecular weight is 453 g/mol. The van der Waals surface area contributed by atoms with Crippen molar-refractivity contribution in [3.8, 4) is 5.75 Å². The molecule has 1 fully saturated rings. The normalized spacial score (nSPS) is 13.8. The second kappa shape index (κ2) is 9.31. The fraction of sp³-hybridized carbons (Fsp3) is 0.273. The van der Waals surface area contributed by atoms with E-state index in [0.717, 1.165) is 10.9 Å². The molecule has 1 N–H and O–H groups in total. The number of hydrogen-bond donors (Lipinski definition) is 1. The van der Waals surface area contributed by atoms with Crippen molar-refractivity contribution < 1.29 is 18.7 Å². The minimum Gasteiger partial charge on any atom is -0.481 e. The number of nitrogens with zero attached hydrogens (tertiary/aromatic N) is 4. The monoisotopic (exact) mass is 453 g/mol. The Kier molecular flexibility index (Phi) is 6.31. The molecule has 0 bridgehead atoms. The van der Waals surface area contributed by atoms with E-state index in [1.165, 1.54) is 24.5 Å². The van der Waals surface area contributed by atoms with Crippen LogP contribution in [-0.4, -0.2) is 46.3 Å². The number of halogens is 1. The molecule has 10 heteroatoms. The van der Waals surface area contributed by atoms with E-state index in [2.05, 4.69) is 19.6 Å². The number of carbonyl (C=O) groups excluding carboxylic acids is 2. The van der Waals surface area contributed by atoms with Crippen LogP contribution in [0.4, 0.5) is 21.6 Å². The van der Waals surface area contributed by atoms with Crippen molar-refractivity contribution in [3.05, 3.63) is 48.0 Å². The number of nitrogens with one attached hydrogen (secondary N) is 1.